The number of nitrogens with one attached hydrogen (secondary N) is 1. The minimum Gasteiger partial charge on any atom is -0.481 e. The first-order valence-electron chi connectivity index (χ1n) is 6.10. The Hall–Kier alpha value is -2.74. The second kappa shape index (κ2) is 5.93. The normalized spacial score (nSPS) is 10.2. The van der Waals surface area contributed by atoms with Gasteiger partial charge < -0.3 is 15.0 Å². The lowest BCUT2D eigenvalue weighted by atomic mass is 10.1. The van der Waals surface area contributed by atoms with E-state index in [4.69, 9.17) is 11.5 Å². The van der Waals surface area contributed by atoms with Crippen LogP contribution in [0.4, 0.5) is 0 Å². The highest BCUT2D eigenvalue weighted by Gasteiger charge is 2.12. The molecule has 0 saturated carbocycles. The Bertz CT molecular complexity index is 695. The number of nitrogens with zero attached hydrogens (tertiary/aromatic N) is 1. The number of aliphatic carboxylic acids is 1. The molecule has 5 nitrogen and oxygen atoms in total. The zero-order valence-corrected chi connectivity index (χ0v) is 10.8. The molecular formula is C15H14N2O3. The van der Waals surface area contributed by atoms with Crippen molar-refractivity contribution in [3.63, 3.8) is 0 Å². The van der Waals surface area contributed by atoms with Crippen LogP contribution in [0.2, 0.25) is 0 Å². The molecule has 2 N–H and O–H groups in total. The summed E-state index contributed by atoms with van der Waals surface area (Å²) < 4.78 is 1.74. The van der Waals surface area contributed by atoms with E-state index >= 15 is 0 Å². The van der Waals surface area contributed by atoms with E-state index in [0.717, 1.165) is 10.9 Å². The molecule has 0 aliphatic carbocycles. The van der Waals surface area contributed by atoms with E-state index in [-0.39, 0.29) is 25.4 Å². The minimum atomic E-state index is -0.898. The first-order chi connectivity index (χ1) is 9.61. The van der Waals surface area contributed by atoms with Crippen LogP contribution in [0.15, 0.2) is 30.5 Å². The molecular weight excluding hydrogens is 256 g/mol. The van der Waals surface area contributed by atoms with Gasteiger partial charge in [0.15, 0.2) is 0 Å². The van der Waals surface area contributed by atoms with Gasteiger partial charge in [-0.05, 0) is 11.6 Å². The van der Waals surface area contributed by atoms with Gasteiger partial charge in [0.1, 0.15) is 6.54 Å². The van der Waals surface area contributed by atoms with Gasteiger partial charge in [-0.25, -0.2) is 0 Å². The molecule has 0 saturated heterocycles. The fourth-order valence-electron chi connectivity index (χ4n) is 2.12. The summed E-state index contributed by atoms with van der Waals surface area (Å²) in [6, 6.07) is 7.40. The fraction of sp³-hybridized carbons (Fsp3) is 0.200. The number of para-hydroxylation sites is 1. The van der Waals surface area contributed by atoms with Gasteiger partial charge in [-0.3, -0.25) is 9.59 Å². The molecule has 20 heavy (non-hydrogen) atoms. The number of amides is 1. The number of carboxylic acids is 1. The number of rotatable bonds is 5. The van der Waals surface area contributed by atoms with Crippen molar-refractivity contribution in [2.75, 3.05) is 6.54 Å². The molecule has 0 spiro atoms. The maximum absolute atomic E-state index is 11.7. The van der Waals surface area contributed by atoms with Crippen molar-refractivity contribution >= 4 is 22.8 Å². The van der Waals surface area contributed by atoms with E-state index in [9.17, 15) is 9.59 Å². The Kier molecular flexibility index (Phi) is 4.06. The van der Waals surface area contributed by atoms with Gasteiger partial charge in [0.25, 0.3) is 0 Å². The third kappa shape index (κ3) is 2.98. The predicted molar refractivity (Wildman–Crippen MR) is 75.1 cm³/mol. The van der Waals surface area contributed by atoms with Crippen LogP contribution in [0, 0.1) is 12.3 Å². The SMILES string of the molecule is C#CCNC(=O)Cn1cc(CC(=O)O)c2ccccc21. The van der Waals surface area contributed by atoms with E-state index in [2.05, 4.69) is 11.2 Å². The average Bonchev–Trinajstić information content (AvgIpc) is 2.74. The zero-order chi connectivity index (χ0) is 14.5. The lowest BCUT2D eigenvalue weighted by molar-refractivity contribution is -0.136. The molecule has 1 aromatic heterocycles. The highest BCUT2D eigenvalue weighted by atomic mass is 16.4. The Balaban J connectivity index is 2.31. The molecule has 2 aromatic rings. The fourth-order valence-corrected chi connectivity index (χ4v) is 2.12. The molecule has 102 valence electrons. The number of carbonyl (C=O) groups excluding carboxylic acids is 1. The first kappa shape index (κ1) is 13.7. The summed E-state index contributed by atoms with van der Waals surface area (Å²) in [5.41, 5.74) is 1.53. The molecule has 0 radical (unpaired) electrons. The maximum Gasteiger partial charge on any atom is 0.307 e. The second-order valence-electron chi connectivity index (χ2n) is 4.35. The van der Waals surface area contributed by atoms with Crippen molar-refractivity contribution in [1.29, 1.82) is 0 Å². The van der Waals surface area contributed by atoms with Crippen molar-refractivity contribution in [1.82, 2.24) is 9.88 Å². The average molecular weight is 270 g/mol. The van der Waals surface area contributed by atoms with E-state index in [1.165, 1.54) is 0 Å². The monoisotopic (exact) mass is 270 g/mol. The van der Waals surface area contributed by atoms with Crippen LogP contribution >= 0.6 is 0 Å². The smallest absolute Gasteiger partial charge is 0.307 e. The van der Waals surface area contributed by atoms with E-state index < -0.39 is 5.97 Å². The van der Waals surface area contributed by atoms with Crippen LogP contribution in [-0.2, 0) is 22.6 Å². The Labute approximate surface area is 116 Å². The summed E-state index contributed by atoms with van der Waals surface area (Å²) >= 11 is 0. The van der Waals surface area contributed by atoms with Crippen LogP contribution in [0.1, 0.15) is 5.56 Å². The number of fused-ring (bicyclic) bond motifs is 1. The number of hydrogen-bond acceptors (Lipinski definition) is 2. The van der Waals surface area contributed by atoms with Gasteiger partial charge in [0, 0.05) is 17.1 Å². The summed E-state index contributed by atoms with van der Waals surface area (Å²) in [5.74, 6) is 1.23. The number of benzene rings is 1. The highest BCUT2D eigenvalue weighted by Crippen LogP contribution is 2.21. The molecule has 2 rings (SSSR count). The standard InChI is InChI=1S/C15H14N2O3/c1-2-7-16-14(18)10-17-9-11(8-15(19)20)12-5-3-4-6-13(12)17/h1,3-6,9H,7-8,10H2,(H,16,18)(H,19,20). The van der Waals surface area contributed by atoms with Gasteiger partial charge in [0.2, 0.25) is 5.91 Å². The van der Waals surface area contributed by atoms with Gasteiger partial charge in [-0.2, -0.15) is 0 Å². The summed E-state index contributed by atoms with van der Waals surface area (Å²) in [5, 5.41) is 12.4. The second-order valence-corrected chi connectivity index (χ2v) is 4.35. The van der Waals surface area contributed by atoms with Gasteiger partial charge in [-0.15, -0.1) is 6.42 Å². The Morgan fingerprint density at radius 1 is 1.35 bits per heavy atom. The molecule has 0 atom stereocenters. The Morgan fingerprint density at radius 3 is 2.80 bits per heavy atom. The van der Waals surface area contributed by atoms with Crippen LogP contribution < -0.4 is 5.32 Å². The molecule has 1 heterocycles. The number of aromatic nitrogens is 1. The quantitative estimate of drug-likeness (QED) is 0.797. The number of carboxylic acid groups (broad SMARTS) is 1. The largest absolute Gasteiger partial charge is 0.481 e. The first-order valence-corrected chi connectivity index (χ1v) is 6.10. The lowest BCUT2D eigenvalue weighted by Crippen LogP contribution is -2.27. The molecule has 1 amide bonds. The van der Waals surface area contributed by atoms with E-state index in [1.54, 1.807) is 10.8 Å². The molecule has 0 aliphatic heterocycles. The predicted octanol–water partition coefficient (Wildman–Crippen LogP) is 1.02. The molecule has 0 bridgehead atoms. The van der Waals surface area contributed by atoms with Crippen molar-refractivity contribution in [3.05, 3.63) is 36.0 Å². The van der Waals surface area contributed by atoms with Crippen molar-refractivity contribution < 1.29 is 14.7 Å². The molecule has 1 aromatic carbocycles. The van der Waals surface area contributed by atoms with Crippen LogP contribution in [0.3, 0.4) is 0 Å². The molecule has 5 heteroatoms. The van der Waals surface area contributed by atoms with Crippen LogP contribution in [0.25, 0.3) is 10.9 Å². The number of carbonyl (C=O) groups is 2. The summed E-state index contributed by atoms with van der Waals surface area (Å²) in [6.45, 7) is 0.293. The van der Waals surface area contributed by atoms with E-state index in [0.29, 0.717) is 5.56 Å². The van der Waals surface area contributed by atoms with Gasteiger partial charge in [0.05, 0.1) is 13.0 Å². The lowest BCUT2D eigenvalue weighted by Gasteiger charge is -2.04. The summed E-state index contributed by atoms with van der Waals surface area (Å²) in [7, 11) is 0. The maximum atomic E-state index is 11.7. The third-order valence-corrected chi connectivity index (χ3v) is 2.91. The molecule has 0 unspecified atom stereocenters. The zero-order valence-electron chi connectivity index (χ0n) is 10.8. The molecule has 0 fully saturated rings. The van der Waals surface area contributed by atoms with Gasteiger partial charge >= 0.3 is 5.97 Å². The Morgan fingerprint density at radius 2 is 2.10 bits per heavy atom. The topological polar surface area (TPSA) is 71.3 Å². The van der Waals surface area contributed by atoms with Crippen molar-refractivity contribution in [2.24, 2.45) is 0 Å². The number of terminal acetylenes is 1. The minimum absolute atomic E-state index is 0.0700. The summed E-state index contributed by atoms with van der Waals surface area (Å²) in [4.78, 5) is 22.6. The van der Waals surface area contributed by atoms with Crippen LogP contribution in [-0.4, -0.2) is 28.1 Å². The van der Waals surface area contributed by atoms with Gasteiger partial charge in [-0.1, -0.05) is 24.1 Å². The highest BCUT2D eigenvalue weighted by molar-refractivity contribution is 5.89. The van der Waals surface area contributed by atoms with Crippen molar-refractivity contribution in [2.45, 2.75) is 13.0 Å². The third-order valence-electron chi connectivity index (χ3n) is 2.91. The molecule has 0 aliphatic rings. The summed E-state index contributed by atoms with van der Waals surface area (Å²) in [6.07, 6.45) is 6.72. The van der Waals surface area contributed by atoms with Crippen LogP contribution in [0.5, 0.6) is 0 Å². The van der Waals surface area contributed by atoms with E-state index in [1.807, 2.05) is 24.3 Å². The number of hydrogen-bond donors (Lipinski definition) is 2. The van der Waals surface area contributed by atoms with Crippen molar-refractivity contribution in [3.8, 4) is 12.3 Å².